The highest BCUT2D eigenvalue weighted by Crippen LogP contribution is 2.16. The molecule has 18 heavy (non-hydrogen) atoms. The van der Waals surface area contributed by atoms with Gasteiger partial charge >= 0.3 is 0 Å². The molecular formula is C14H21BrN2O. The van der Waals surface area contributed by atoms with Crippen molar-refractivity contribution in [2.24, 2.45) is 11.7 Å². The Hall–Kier alpha value is -0.870. The molecule has 0 aromatic heterocycles. The predicted molar refractivity (Wildman–Crippen MR) is 78.2 cm³/mol. The van der Waals surface area contributed by atoms with Gasteiger partial charge in [-0.2, -0.15) is 0 Å². The molecule has 0 heterocycles. The van der Waals surface area contributed by atoms with E-state index in [2.05, 4.69) is 28.2 Å². The van der Waals surface area contributed by atoms with Gasteiger partial charge in [-0.3, -0.25) is 4.79 Å². The molecule has 0 fully saturated rings. The van der Waals surface area contributed by atoms with Crippen LogP contribution in [0.5, 0.6) is 0 Å². The molecule has 1 rings (SSSR count). The fourth-order valence-corrected chi connectivity index (χ4v) is 1.91. The second-order valence-corrected chi connectivity index (χ2v) is 5.64. The fourth-order valence-electron chi connectivity index (χ4n) is 1.64. The summed E-state index contributed by atoms with van der Waals surface area (Å²) in [6, 6.07) is 8.02. The number of halogens is 1. The number of amides is 1. The lowest BCUT2D eigenvalue weighted by Gasteiger charge is -2.15. The molecule has 0 spiro atoms. The van der Waals surface area contributed by atoms with Crippen molar-refractivity contribution in [3.8, 4) is 0 Å². The van der Waals surface area contributed by atoms with Crippen LogP contribution in [-0.2, 0) is 4.79 Å². The summed E-state index contributed by atoms with van der Waals surface area (Å²) in [5.74, 6) is 0.490. The molecule has 2 atom stereocenters. The van der Waals surface area contributed by atoms with Crippen molar-refractivity contribution in [1.82, 2.24) is 5.32 Å². The number of nitrogens with two attached hydrogens (primary N) is 1. The van der Waals surface area contributed by atoms with Crippen LogP contribution in [0, 0.1) is 5.92 Å². The molecule has 3 nitrogen and oxygen atoms in total. The van der Waals surface area contributed by atoms with E-state index >= 15 is 0 Å². The van der Waals surface area contributed by atoms with Crippen LogP contribution >= 0.6 is 15.9 Å². The van der Waals surface area contributed by atoms with Crippen LogP contribution < -0.4 is 11.1 Å². The zero-order chi connectivity index (χ0) is 13.5. The highest BCUT2D eigenvalue weighted by atomic mass is 79.9. The lowest BCUT2D eigenvalue weighted by molar-refractivity contribution is -0.122. The summed E-state index contributed by atoms with van der Waals surface area (Å²) >= 11 is 3.39. The number of hydrogen-bond donors (Lipinski definition) is 2. The first-order valence-electron chi connectivity index (χ1n) is 6.27. The predicted octanol–water partition coefficient (Wildman–Crippen LogP) is 3.00. The van der Waals surface area contributed by atoms with E-state index in [0.717, 1.165) is 16.5 Å². The highest BCUT2D eigenvalue weighted by molar-refractivity contribution is 9.10. The standard InChI is InChI=1S/C14H21BrN2O/c1-10(9-16)3-8-14(18)17-11(2)12-4-6-13(15)7-5-12/h4-7,10-11H,3,8-9,16H2,1-2H3,(H,17,18). The van der Waals surface area contributed by atoms with Gasteiger partial charge in [0.25, 0.3) is 0 Å². The van der Waals surface area contributed by atoms with Gasteiger partial charge in [-0.05, 0) is 43.5 Å². The summed E-state index contributed by atoms with van der Waals surface area (Å²) < 4.78 is 1.04. The van der Waals surface area contributed by atoms with Gasteiger partial charge in [0.05, 0.1) is 6.04 Å². The highest BCUT2D eigenvalue weighted by Gasteiger charge is 2.10. The van der Waals surface area contributed by atoms with Crippen molar-refractivity contribution in [3.63, 3.8) is 0 Å². The smallest absolute Gasteiger partial charge is 0.220 e. The molecule has 0 aliphatic rings. The van der Waals surface area contributed by atoms with E-state index in [9.17, 15) is 4.79 Å². The number of nitrogens with one attached hydrogen (secondary N) is 1. The Morgan fingerprint density at radius 1 is 1.33 bits per heavy atom. The van der Waals surface area contributed by atoms with Crippen molar-refractivity contribution >= 4 is 21.8 Å². The van der Waals surface area contributed by atoms with Crippen molar-refractivity contribution < 1.29 is 4.79 Å². The molecule has 0 bridgehead atoms. The van der Waals surface area contributed by atoms with Gasteiger partial charge in [0, 0.05) is 10.9 Å². The van der Waals surface area contributed by atoms with Crippen LogP contribution in [0.25, 0.3) is 0 Å². The van der Waals surface area contributed by atoms with Gasteiger partial charge in [0.15, 0.2) is 0 Å². The molecule has 2 unspecified atom stereocenters. The average molecular weight is 313 g/mol. The third-order valence-electron chi connectivity index (χ3n) is 3.01. The summed E-state index contributed by atoms with van der Waals surface area (Å²) in [6.45, 7) is 4.69. The Kier molecular flexibility index (Phi) is 6.36. The molecule has 1 aromatic rings. The molecule has 100 valence electrons. The summed E-state index contributed by atoms with van der Waals surface area (Å²) in [5.41, 5.74) is 6.64. The Morgan fingerprint density at radius 3 is 2.50 bits per heavy atom. The molecule has 3 N–H and O–H groups in total. The van der Waals surface area contributed by atoms with Crippen LogP contribution in [-0.4, -0.2) is 12.5 Å². The Labute approximate surface area is 117 Å². The average Bonchev–Trinajstić information content (AvgIpc) is 2.36. The second-order valence-electron chi connectivity index (χ2n) is 4.72. The maximum atomic E-state index is 11.8. The minimum atomic E-state index is 0.0405. The molecule has 4 heteroatoms. The SMILES string of the molecule is CC(CN)CCC(=O)NC(C)c1ccc(Br)cc1. The van der Waals surface area contributed by atoms with E-state index in [1.165, 1.54) is 0 Å². The summed E-state index contributed by atoms with van der Waals surface area (Å²) in [4.78, 5) is 11.8. The maximum absolute atomic E-state index is 11.8. The van der Waals surface area contributed by atoms with E-state index in [1.54, 1.807) is 0 Å². The quantitative estimate of drug-likeness (QED) is 0.848. The molecular weight excluding hydrogens is 292 g/mol. The van der Waals surface area contributed by atoms with Crippen molar-refractivity contribution in [2.75, 3.05) is 6.54 Å². The second kappa shape index (κ2) is 7.54. The summed E-state index contributed by atoms with van der Waals surface area (Å²) in [5, 5.41) is 3.00. The Bertz CT molecular complexity index is 378. The van der Waals surface area contributed by atoms with Gasteiger partial charge in [-0.15, -0.1) is 0 Å². The van der Waals surface area contributed by atoms with E-state index in [4.69, 9.17) is 5.73 Å². The number of carbonyl (C=O) groups is 1. The fraction of sp³-hybridized carbons (Fsp3) is 0.500. The third-order valence-corrected chi connectivity index (χ3v) is 3.54. The maximum Gasteiger partial charge on any atom is 0.220 e. The van der Waals surface area contributed by atoms with Crippen molar-refractivity contribution in [3.05, 3.63) is 34.3 Å². The number of carbonyl (C=O) groups excluding carboxylic acids is 1. The number of benzene rings is 1. The largest absolute Gasteiger partial charge is 0.350 e. The zero-order valence-electron chi connectivity index (χ0n) is 10.9. The zero-order valence-corrected chi connectivity index (χ0v) is 12.5. The molecule has 1 amide bonds. The van der Waals surface area contributed by atoms with Gasteiger partial charge in [-0.1, -0.05) is 35.0 Å². The number of rotatable bonds is 6. The van der Waals surface area contributed by atoms with Crippen LogP contribution in [0.15, 0.2) is 28.7 Å². The molecule has 0 saturated heterocycles. The van der Waals surface area contributed by atoms with Crippen LogP contribution in [0.1, 0.15) is 38.3 Å². The minimum Gasteiger partial charge on any atom is -0.350 e. The number of hydrogen-bond acceptors (Lipinski definition) is 2. The van der Waals surface area contributed by atoms with E-state index in [1.807, 2.05) is 31.2 Å². The molecule has 0 aliphatic carbocycles. The van der Waals surface area contributed by atoms with E-state index in [-0.39, 0.29) is 11.9 Å². The Morgan fingerprint density at radius 2 is 1.94 bits per heavy atom. The molecule has 0 saturated carbocycles. The summed E-state index contributed by atoms with van der Waals surface area (Å²) in [7, 11) is 0. The van der Waals surface area contributed by atoms with Gasteiger partial charge < -0.3 is 11.1 Å². The summed E-state index contributed by atoms with van der Waals surface area (Å²) in [6.07, 6.45) is 1.38. The minimum absolute atomic E-state index is 0.0405. The van der Waals surface area contributed by atoms with Crippen molar-refractivity contribution in [2.45, 2.75) is 32.7 Å². The molecule has 1 aromatic carbocycles. The van der Waals surface area contributed by atoms with Gasteiger partial charge in [0.1, 0.15) is 0 Å². The van der Waals surface area contributed by atoms with E-state index in [0.29, 0.717) is 18.9 Å². The van der Waals surface area contributed by atoms with E-state index < -0.39 is 0 Å². The van der Waals surface area contributed by atoms with Crippen LogP contribution in [0.4, 0.5) is 0 Å². The first-order chi connectivity index (χ1) is 8.52. The monoisotopic (exact) mass is 312 g/mol. The first-order valence-corrected chi connectivity index (χ1v) is 7.07. The lowest BCUT2D eigenvalue weighted by atomic mass is 10.0. The first kappa shape index (κ1) is 15.2. The van der Waals surface area contributed by atoms with Gasteiger partial charge in [0.2, 0.25) is 5.91 Å². The van der Waals surface area contributed by atoms with Gasteiger partial charge in [-0.25, -0.2) is 0 Å². The Balaban J connectivity index is 2.42. The molecule has 0 radical (unpaired) electrons. The normalized spacial score (nSPS) is 14.0. The van der Waals surface area contributed by atoms with Crippen LogP contribution in [0.2, 0.25) is 0 Å². The topological polar surface area (TPSA) is 55.1 Å². The lowest BCUT2D eigenvalue weighted by Crippen LogP contribution is -2.27. The van der Waals surface area contributed by atoms with Crippen molar-refractivity contribution in [1.29, 1.82) is 0 Å². The third kappa shape index (κ3) is 5.19. The molecule has 0 aliphatic heterocycles. The van der Waals surface area contributed by atoms with Crippen LogP contribution in [0.3, 0.4) is 0 Å².